The van der Waals surface area contributed by atoms with Gasteiger partial charge >= 0.3 is 5.97 Å². The average molecular weight is 293 g/mol. The quantitative estimate of drug-likeness (QED) is 0.561. The zero-order chi connectivity index (χ0) is 15.5. The van der Waals surface area contributed by atoms with Gasteiger partial charge in [0.2, 0.25) is 0 Å². The molecule has 0 fully saturated rings. The van der Waals surface area contributed by atoms with Gasteiger partial charge in [-0.2, -0.15) is 0 Å². The molecular formula is C16H23NO4. The molecule has 0 saturated carbocycles. The molecule has 0 unspecified atom stereocenters. The van der Waals surface area contributed by atoms with Crippen molar-refractivity contribution < 1.29 is 19.1 Å². The zero-order valence-corrected chi connectivity index (χ0v) is 12.7. The van der Waals surface area contributed by atoms with Gasteiger partial charge in [0.15, 0.2) is 0 Å². The van der Waals surface area contributed by atoms with Gasteiger partial charge in [-0.05, 0) is 30.7 Å². The number of esters is 1. The molecule has 0 atom stereocenters. The summed E-state index contributed by atoms with van der Waals surface area (Å²) >= 11 is 0. The molecule has 0 heterocycles. The molecule has 5 heteroatoms. The maximum Gasteiger partial charge on any atom is 0.307 e. The number of methoxy groups -OCH3 is 1. The summed E-state index contributed by atoms with van der Waals surface area (Å²) in [5, 5.41) is 2.66. The Hall–Kier alpha value is -2.04. The minimum atomic E-state index is -0.342. The number of carbonyl (C=O) groups is 2. The van der Waals surface area contributed by atoms with Crippen molar-refractivity contribution in [3.63, 3.8) is 0 Å². The van der Waals surface area contributed by atoms with Crippen LogP contribution in [0.5, 0.6) is 5.75 Å². The van der Waals surface area contributed by atoms with Crippen LogP contribution in [0, 0.1) is 0 Å². The fourth-order valence-corrected chi connectivity index (χ4v) is 1.73. The van der Waals surface area contributed by atoms with E-state index < -0.39 is 0 Å². The molecule has 1 amide bonds. The molecule has 116 valence electrons. The lowest BCUT2D eigenvalue weighted by molar-refractivity contribution is -0.140. The molecule has 0 spiro atoms. The number of rotatable bonds is 9. The number of benzene rings is 1. The largest absolute Gasteiger partial charge is 0.494 e. The molecule has 0 aliphatic heterocycles. The molecule has 21 heavy (non-hydrogen) atoms. The lowest BCUT2D eigenvalue weighted by Gasteiger charge is -2.07. The van der Waals surface area contributed by atoms with E-state index in [1.54, 1.807) is 24.3 Å². The van der Waals surface area contributed by atoms with Crippen molar-refractivity contribution in [2.75, 3.05) is 20.3 Å². The first-order valence-electron chi connectivity index (χ1n) is 7.25. The fourth-order valence-electron chi connectivity index (χ4n) is 1.73. The molecule has 0 saturated heterocycles. The van der Waals surface area contributed by atoms with Crippen molar-refractivity contribution in [1.82, 2.24) is 5.32 Å². The lowest BCUT2D eigenvalue weighted by atomic mass is 10.2. The van der Waals surface area contributed by atoms with Crippen LogP contribution in [0.1, 0.15) is 43.0 Å². The third-order valence-corrected chi connectivity index (χ3v) is 2.98. The predicted octanol–water partition coefficient (Wildman–Crippen LogP) is 2.55. The Morgan fingerprint density at radius 1 is 1.14 bits per heavy atom. The summed E-state index contributed by atoms with van der Waals surface area (Å²) in [4.78, 5) is 22.8. The summed E-state index contributed by atoms with van der Waals surface area (Å²) in [5.41, 5.74) is 0.542. The number of nitrogens with one attached hydrogen (secondary N) is 1. The van der Waals surface area contributed by atoms with Crippen molar-refractivity contribution >= 4 is 11.9 Å². The molecule has 0 aliphatic carbocycles. The molecule has 0 aliphatic rings. The first-order chi connectivity index (χ1) is 10.2. The van der Waals surface area contributed by atoms with Crippen LogP contribution in [0.25, 0.3) is 0 Å². The van der Waals surface area contributed by atoms with Gasteiger partial charge < -0.3 is 14.8 Å². The van der Waals surface area contributed by atoms with Gasteiger partial charge in [-0.25, -0.2) is 0 Å². The Bertz CT molecular complexity index is 442. The van der Waals surface area contributed by atoms with Crippen molar-refractivity contribution in [2.24, 2.45) is 0 Å². The van der Waals surface area contributed by atoms with E-state index in [1.807, 2.05) is 0 Å². The Morgan fingerprint density at radius 2 is 1.86 bits per heavy atom. The van der Waals surface area contributed by atoms with E-state index in [4.69, 9.17) is 4.74 Å². The van der Waals surface area contributed by atoms with Gasteiger partial charge in [0.05, 0.1) is 20.1 Å². The molecule has 0 radical (unpaired) electrons. The normalized spacial score (nSPS) is 10.0. The van der Waals surface area contributed by atoms with Gasteiger partial charge in [0.1, 0.15) is 5.75 Å². The molecule has 1 aromatic rings. The highest BCUT2D eigenvalue weighted by Gasteiger charge is 2.06. The van der Waals surface area contributed by atoms with Crippen molar-refractivity contribution in [3.8, 4) is 5.75 Å². The monoisotopic (exact) mass is 293 g/mol. The fraction of sp³-hybridized carbons (Fsp3) is 0.500. The summed E-state index contributed by atoms with van der Waals surface area (Å²) in [6, 6.07) is 6.98. The van der Waals surface area contributed by atoms with Crippen LogP contribution in [-0.4, -0.2) is 32.1 Å². The van der Waals surface area contributed by atoms with Crippen LogP contribution in [0.3, 0.4) is 0 Å². The van der Waals surface area contributed by atoms with Crippen LogP contribution >= 0.6 is 0 Å². The number of amides is 1. The summed E-state index contributed by atoms with van der Waals surface area (Å²) in [5.74, 6) is 0.208. The third kappa shape index (κ3) is 6.79. The van der Waals surface area contributed by atoms with E-state index in [2.05, 4.69) is 17.0 Å². The van der Waals surface area contributed by atoms with E-state index in [1.165, 1.54) is 7.11 Å². The minimum Gasteiger partial charge on any atom is -0.494 e. The van der Waals surface area contributed by atoms with E-state index in [0.717, 1.165) is 25.0 Å². The van der Waals surface area contributed by atoms with E-state index >= 15 is 0 Å². The molecule has 0 bridgehead atoms. The van der Waals surface area contributed by atoms with Crippen molar-refractivity contribution in [1.29, 1.82) is 0 Å². The second-order valence-corrected chi connectivity index (χ2v) is 4.66. The maximum absolute atomic E-state index is 11.8. The Kier molecular flexibility index (Phi) is 7.94. The van der Waals surface area contributed by atoms with E-state index in [-0.39, 0.29) is 24.8 Å². The van der Waals surface area contributed by atoms with Crippen molar-refractivity contribution in [3.05, 3.63) is 29.8 Å². The molecular weight excluding hydrogens is 270 g/mol. The molecule has 1 rings (SSSR count). The Balaban J connectivity index is 2.35. The van der Waals surface area contributed by atoms with E-state index in [0.29, 0.717) is 12.2 Å². The van der Waals surface area contributed by atoms with Gasteiger partial charge in [0, 0.05) is 12.1 Å². The highest BCUT2D eigenvalue weighted by Crippen LogP contribution is 2.12. The Labute approximate surface area is 125 Å². The summed E-state index contributed by atoms with van der Waals surface area (Å²) in [7, 11) is 1.32. The van der Waals surface area contributed by atoms with Crippen LogP contribution < -0.4 is 10.1 Å². The lowest BCUT2D eigenvalue weighted by Crippen LogP contribution is -2.26. The Morgan fingerprint density at radius 3 is 2.48 bits per heavy atom. The minimum absolute atomic E-state index is 0.168. The summed E-state index contributed by atoms with van der Waals surface area (Å²) in [6.45, 7) is 3.10. The zero-order valence-electron chi connectivity index (χ0n) is 12.7. The number of hydrogen-bond donors (Lipinski definition) is 1. The highest BCUT2D eigenvalue weighted by molar-refractivity contribution is 5.94. The average Bonchev–Trinajstić information content (AvgIpc) is 2.51. The predicted molar refractivity (Wildman–Crippen MR) is 80.4 cm³/mol. The van der Waals surface area contributed by atoms with Crippen molar-refractivity contribution in [2.45, 2.75) is 32.6 Å². The topological polar surface area (TPSA) is 64.6 Å². The molecule has 0 aromatic heterocycles. The van der Waals surface area contributed by atoms with Gasteiger partial charge in [0.25, 0.3) is 5.91 Å². The van der Waals surface area contributed by atoms with Crippen LogP contribution in [0.2, 0.25) is 0 Å². The highest BCUT2D eigenvalue weighted by atomic mass is 16.5. The first kappa shape index (κ1) is 17.0. The number of unbranched alkanes of at least 4 members (excludes halogenated alkanes) is 2. The third-order valence-electron chi connectivity index (χ3n) is 2.98. The van der Waals surface area contributed by atoms with Gasteiger partial charge in [-0.3, -0.25) is 9.59 Å². The molecule has 1 N–H and O–H groups in total. The molecule has 5 nitrogen and oxygen atoms in total. The van der Waals surface area contributed by atoms with Gasteiger partial charge in [-0.1, -0.05) is 19.8 Å². The number of ether oxygens (including phenoxy) is 2. The summed E-state index contributed by atoms with van der Waals surface area (Å²) in [6.07, 6.45) is 3.52. The second-order valence-electron chi connectivity index (χ2n) is 4.66. The standard InChI is InChI=1S/C16H23NO4/c1-3-4-5-12-21-14-8-6-13(7-9-14)16(19)17-11-10-15(18)20-2/h6-9H,3-5,10-12H2,1-2H3,(H,17,19). The number of carbonyl (C=O) groups excluding carboxylic acids is 2. The second kappa shape index (κ2) is 9.80. The van der Waals surface area contributed by atoms with Crippen LogP contribution in [0.15, 0.2) is 24.3 Å². The van der Waals surface area contributed by atoms with Crippen LogP contribution in [0.4, 0.5) is 0 Å². The smallest absolute Gasteiger partial charge is 0.307 e. The molecule has 1 aromatic carbocycles. The number of hydrogen-bond acceptors (Lipinski definition) is 4. The SMILES string of the molecule is CCCCCOc1ccc(C(=O)NCCC(=O)OC)cc1. The first-order valence-corrected chi connectivity index (χ1v) is 7.25. The summed E-state index contributed by atoms with van der Waals surface area (Å²) < 4.78 is 10.1. The van der Waals surface area contributed by atoms with E-state index in [9.17, 15) is 9.59 Å². The van der Waals surface area contributed by atoms with Gasteiger partial charge in [-0.15, -0.1) is 0 Å². The van der Waals surface area contributed by atoms with Crippen LogP contribution in [-0.2, 0) is 9.53 Å². The maximum atomic E-state index is 11.8.